The van der Waals surface area contributed by atoms with Gasteiger partial charge in [-0.3, -0.25) is 9.20 Å². The van der Waals surface area contributed by atoms with Crippen LogP contribution >= 0.6 is 12.4 Å². The van der Waals surface area contributed by atoms with E-state index in [0.29, 0.717) is 0 Å². The number of tetrazole rings is 1. The maximum Gasteiger partial charge on any atom is 0.269 e. The maximum absolute atomic E-state index is 12.1. The zero-order valence-electron chi connectivity index (χ0n) is 8.81. The number of fused-ring (bicyclic) bond motifs is 1. The van der Waals surface area contributed by atoms with Gasteiger partial charge in [0.05, 0.1) is 0 Å². The van der Waals surface area contributed by atoms with Crippen molar-refractivity contribution in [3.05, 3.63) is 34.9 Å². The van der Waals surface area contributed by atoms with Crippen LogP contribution in [-0.2, 0) is 0 Å². The molecule has 0 atom stereocenters. The van der Waals surface area contributed by atoms with Crippen LogP contribution in [0.25, 0.3) is 17.0 Å². The highest BCUT2D eigenvalue weighted by atomic mass is 35.5. The van der Waals surface area contributed by atoms with E-state index in [9.17, 15) is 9.90 Å². The lowest BCUT2D eigenvalue weighted by Crippen LogP contribution is -2.17. The molecule has 3 aromatic rings. The van der Waals surface area contributed by atoms with Crippen molar-refractivity contribution in [2.75, 3.05) is 0 Å². The van der Waals surface area contributed by atoms with Crippen molar-refractivity contribution in [3.8, 4) is 17.1 Å². The van der Waals surface area contributed by atoms with Gasteiger partial charge in [0.1, 0.15) is 5.56 Å². The lowest BCUT2D eigenvalue weighted by atomic mass is 10.3. The molecule has 0 aromatic carbocycles. The summed E-state index contributed by atoms with van der Waals surface area (Å²) in [5.74, 6) is 0.173. The smallest absolute Gasteiger partial charge is 0.269 e. The van der Waals surface area contributed by atoms with E-state index in [1.807, 2.05) is 0 Å². The van der Waals surface area contributed by atoms with Gasteiger partial charge in [-0.25, -0.2) is 10.1 Å². The molecule has 0 unspecified atom stereocenters. The average Bonchev–Trinajstić information content (AvgIpc) is 2.84. The van der Waals surface area contributed by atoms with E-state index in [-0.39, 0.29) is 40.8 Å². The van der Waals surface area contributed by atoms with Crippen LogP contribution in [0.15, 0.2) is 29.3 Å². The zero-order chi connectivity index (χ0) is 11.8. The molecule has 0 saturated carbocycles. The number of hydrogen-bond acceptors (Lipinski definition) is 6. The minimum atomic E-state index is -0.357. The van der Waals surface area contributed by atoms with Crippen LogP contribution in [0.3, 0.4) is 0 Å². The molecule has 3 heterocycles. The van der Waals surface area contributed by atoms with Gasteiger partial charge >= 0.3 is 0 Å². The normalized spacial score (nSPS) is 10.2. The number of aromatic nitrogens is 6. The number of halogens is 1. The molecule has 0 aliphatic rings. The summed E-state index contributed by atoms with van der Waals surface area (Å²) < 4.78 is 1.23. The second-order valence-electron chi connectivity index (χ2n) is 3.31. The quantitative estimate of drug-likeness (QED) is 0.642. The molecule has 0 aliphatic carbocycles. The van der Waals surface area contributed by atoms with Crippen molar-refractivity contribution >= 4 is 18.1 Å². The van der Waals surface area contributed by atoms with Gasteiger partial charge in [-0.15, -0.1) is 17.5 Å². The Balaban J connectivity index is 0.00000120. The number of rotatable bonds is 1. The van der Waals surface area contributed by atoms with Gasteiger partial charge in [0, 0.05) is 12.4 Å². The van der Waals surface area contributed by atoms with Crippen molar-refractivity contribution in [2.45, 2.75) is 0 Å². The molecule has 92 valence electrons. The minimum absolute atomic E-state index is 0. The lowest BCUT2D eigenvalue weighted by molar-refractivity contribution is 0.476. The van der Waals surface area contributed by atoms with Crippen LogP contribution in [0, 0.1) is 0 Å². The topological polar surface area (TPSA) is 109 Å². The number of nitrogens with one attached hydrogen (secondary N) is 1. The Labute approximate surface area is 106 Å². The summed E-state index contributed by atoms with van der Waals surface area (Å²) in [6, 6.07) is 3.01. The largest absolute Gasteiger partial charge is 0.504 e. The van der Waals surface area contributed by atoms with E-state index in [1.165, 1.54) is 22.9 Å². The molecule has 0 radical (unpaired) electrons. The number of aromatic amines is 1. The minimum Gasteiger partial charge on any atom is -0.504 e. The van der Waals surface area contributed by atoms with E-state index < -0.39 is 0 Å². The second-order valence-corrected chi connectivity index (χ2v) is 3.31. The number of hydrogen-bond donors (Lipinski definition) is 2. The van der Waals surface area contributed by atoms with E-state index >= 15 is 0 Å². The van der Waals surface area contributed by atoms with Crippen LogP contribution in [0.4, 0.5) is 0 Å². The third-order valence-electron chi connectivity index (χ3n) is 2.31. The Morgan fingerprint density at radius 2 is 2.22 bits per heavy atom. The van der Waals surface area contributed by atoms with Gasteiger partial charge in [-0.05, 0) is 22.6 Å². The molecule has 8 nitrogen and oxygen atoms in total. The predicted octanol–water partition coefficient (Wildman–Crippen LogP) is 0.00200. The Bertz CT molecular complexity index is 738. The Hall–Kier alpha value is -2.48. The molecular weight excluding hydrogens is 260 g/mol. The third-order valence-corrected chi connectivity index (χ3v) is 2.31. The fraction of sp³-hybridized carbons (Fsp3) is 0. The highest BCUT2D eigenvalue weighted by Gasteiger charge is 2.11. The van der Waals surface area contributed by atoms with Gasteiger partial charge in [0.15, 0.2) is 17.2 Å². The lowest BCUT2D eigenvalue weighted by Gasteiger charge is -2.02. The Kier molecular flexibility index (Phi) is 2.94. The van der Waals surface area contributed by atoms with Crippen molar-refractivity contribution in [2.24, 2.45) is 0 Å². The summed E-state index contributed by atoms with van der Waals surface area (Å²) in [6.07, 6.45) is 2.83. The fourth-order valence-corrected chi connectivity index (χ4v) is 1.53. The predicted molar refractivity (Wildman–Crippen MR) is 63.5 cm³/mol. The fourth-order valence-electron chi connectivity index (χ4n) is 1.53. The molecule has 9 heteroatoms. The standard InChI is InChI=1S/C9H6N6O2.ClH/c16-6-2-1-3-15-8(6)10-4-5(9(15)17)7-11-13-14-12-7;/h1-4,16H,(H,11,12,13,14);1H. The number of aromatic hydroxyl groups is 1. The molecule has 0 amide bonds. The summed E-state index contributed by atoms with van der Waals surface area (Å²) in [5, 5.41) is 22.5. The summed E-state index contributed by atoms with van der Waals surface area (Å²) in [4.78, 5) is 16.1. The van der Waals surface area contributed by atoms with Gasteiger partial charge < -0.3 is 5.11 Å². The first-order valence-corrected chi connectivity index (χ1v) is 4.71. The molecule has 0 aliphatic heterocycles. The Morgan fingerprint density at radius 1 is 1.39 bits per heavy atom. The monoisotopic (exact) mass is 266 g/mol. The molecule has 2 N–H and O–H groups in total. The first-order chi connectivity index (χ1) is 8.27. The maximum atomic E-state index is 12.1. The van der Waals surface area contributed by atoms with Crippen LogP contribution in [-0.4, -0.2) is 35.1 Å². The molecule has 0 saturated heterocycles. The van der Waals surface area contributed by atoms with Gasteiger partial charge in [0.2, 0.25) is 0 Å². The van der Waals surface area contributed by atoms with Gasteiger partial charge in [0.25, 0.3) is 5.56 Å². The summed E-state index contributed by atoms with van der Waals surface area (Å²) in [7, 11) is 0. The van der Waals surface area contributed by atoms with Crippen molar-refractivity contribution in [3.63, 3.8) is 0 Å². The highest BCUT2D eigenvalue weighted by Crippen LogP contribution is 2.15. The van der Waals surface area contributed by atoms with Gasteiger partial charge in [-0.2, -0.15) is 0 Å². The number of nitrogens with zero attached hydrogens (tertiary/aromatic N) is 5. The van der Waals surface area contributed by atoms with E-state index in [2.05, 4.69) is 25.6 Å². The van der Waals surface area contributed by atoms with Crippen molar-refractivity contribution in [1.29, 1.82) is 0 Å². The number of pyridine rings is 1. The van der Waals surface area contributed by atoms with Crippen molar-refractivity contribution in [1.82, 2.24) is 30.0 Å². The van der Waals surface area contributed by atoms with Crippen molar-refractivity contribution < 1.29 is 5.11 Å². The van der Waals surface area contributed by atoms with Crippen LogP contribution in [0.1, 0.15) is 0 Å². The summed E-state index contributed by atoms with van der Waals surface area (Å²) in [6.45, 7) is 0. The van der Waals surface area contributed by atoms with E-state index in [1.54, 1.807) is 6.07 Å². The zero-order valence-corrected chi connectivity index (χ0v) is 9.63. The molecule has 0 fully saturated rings. The molecule has 18 heavy (non-hydrogen) atoms. The molecule has 0 spiro atoms. The first kappa shape index (κ1) is 12.0. The summed E-state index contributed by atoms with van der Waals surface area (Å²) in [5.41, 5.74) is 0.0660. The highest BCUT2D eigenvalue weighted by molar-refractivity contribution is 5.85. The molecular formula is C9H7ClN6O2. The Morgan fingerprint density at radius 3 is 2.94 bits per heavy atom. The molecule has 3 aromatic heterocycles. The van der Waals surface area contributed by atoms with Crippen LogP contribution < -0.4 is 5.56 Å². The first-order valence-electron chi connectivity index (χ1n) is 4.71. The summed E-state index contributed by atoms with van der Waals surface area (Å²) >= 11 is 0. The van der Waals surface area contributed by atoms with E-state index in [0.717, 1.165) is 0 Å². The second kappa shape index (κ2) is 4.41. The SMILES string of the molecule is Cl.O=c1c(-c2nnn[nH]2)cnc2c(O)cccn12. The van der Waals surface area contributed by atoms with Crippen LogP contribution in [0.2, 0.25) is 0 Å². The third kappa shape index (κ3) is 1.68. The molecule has 3 rings (SSSR count). The molecule has 0 bridgehead atoms. The number of H-pyrrole nitrogens is 1. The van der Waals surface area contributed by atoms with Gasteiger partial charge in [-0.1, -0.05) is 0 Å². The van der Waals surface area contributed by atoms with Crippen LogP contribution in [0.5, 0.6) is 5.75 Å². The average molecular weight is 267 g/mol. The van der Waals surface area contributed by atoms with E-state index in [4.69, 9.17) is 0 Å².